The lowest BCUT2D eigenvalue weighted by Crippen LogP contribution is -2.63. The van der Waals surface area contributed by atoms with Crippen LogP contribution in [0.2, 0.25) is 39.3 Å². The second kappa shape index (κ2) is 3.56. The van der Waals surface area contributed by atoms with Crippen LogP contribution >= 0.6 is 7.60 Å². The van der Waals surface area contributed by atoms with Crippen LogP contribution in [0, 0.1) is 0 Å². The first-order valence-electron chi connectivity index (χ1n) is 4.81. The molecule has 0 aromatic heterocycles. The maximum Gasteiger partial charge on any atom is 0.325 e. The van der Waals surface area contributed by atoms with Gasteiger partial charge in [-0.3, -0.25) is 4.57 Å². The lowest BCUT2D eigenvalue weighted by molar-refractivity contribution is 0.363. The summed E-state index contributed by atoms with van der Waals surface area (Å²) in [5.41, 5.74) is 0. The van der Waals surface area contributed by atoms with Gasteiger partial charge >= 0.3 is 7.60 Å². The maximum absolute atomic E-state index is 11.7. The minimum Gasteiger partial charge on any atom is -0.324 e. The summed E-state index contributed by atoms with van der Waals surface area (Å²) in [6, 6.07) is 0. The van der Waals surface area contributed by atoms with Crippen molar-refractivity contribution >= 4 is 23.7 Å². The lowest BCUT2D eigenvalue weighted by Gasteiger charge is -2.48. The summed E-state index contributed by atoms with van der Waals surface area (Å²) < 4.78 is 11.0. The Kier molecular flexibility index (Phi) is 3.71. The van der Waals surface area contributed by atoms with Gasteiger partial charge in [0.1, 0.15) is 0 Å². The molecule has 0 aromatic carbocycles. The van der Waals surface area contributed by atoms with Gasteiger partial charge in [-0.05, 0) is 0 Å². The quantitative estimate of drug-likeness (QED) is 0.601. The Morgan fingerprint density at radius 3 is 1.14 bits per heavy atom. The van der Waals surface area contributed by atoms with Gasteiger partial charge in [0.05, 0.1) is 20.6 Å². The van der Waals surface area contributed by atoms with Crippen molar-refractivity contribution < 1.29 is 14.4 Å². The van der Waals surface area contributed by atoms with Crippen molar-refractivity contribution in [2.24, 2.45) is 0 Å². The van der Waals surface area contributed by atoms with Crippen LogP contribution in [0.5, 0.6) is 0 Å². The van der Waals surface area contributed by atoms with Gasteiger partial charge in [-0.25, -0.2) is 0 Å². The van der Waals surface area contributed by atoms with Gasteiger partial charge in [-0.15, -0.1) is 0 Å². The number of hydrogen-bond donors (Lipinski definition) is 2. The molecule has 3 nitrogen and oxygen atoms in total. The van der Waals surface area contributed by atoms with Crippen molar-refractivity contribution in [3.8, 4) is 0 Å². The summed E-state index contributed by atoms with van der Waals surface area (Å²) in [5.74, 6) is 0. The minimum atomic E-state index is -4.01. The zero-order chi connectivity index (χ0) is 12.0. The normalized spacial score (nSPS) is 15.8. The third kappa shape index (κ3) is 2.22. The molecular weight excluding hydrogens is 231 g/mol. The molecule has 0 spiro atoms. The molecule has 0 radical (unpaired) electrons. The second-order valence-corrected chi connectivity index (χ2v) is 20.4. The molecular formula is C8H23O3PSi2. The lowest BCUT2D eigenvalue weighted by atomic mass is 10.9. The van der Waals surface area contributed by atoms with E-state index < -0.39 is 28.1 Å². The van der Waals surface area contributed by atoms with Gasteiger partial charge < -0.3 is 9.79 Å². The minimum absolute atomic E-state index is 0.743. The van der Waals surface area contributed by atoms with Crippen LogP contribution < -0.4 is 0 Å². The standard InChI is InChI=1S/C8H23O3PSi2/c1-8(12(9,10)11,13(2,3)4)14(5,6)7/h1-7H3,(H2,9,10,11). The van der Waals surface area contributed by atoms with Crippen molar-refractivity contribution in [2.45, 2.75) is 50.6 Å². The molecule has 0 amide bonds. The molecule has 0 atom stereocenters. The van der Waals surface area contributed by atoms with E-state index in [-0.39, 0.29) is 0 Å². The highest BCUT2D eigenvalue weighted by Gasteiger charge is 2.59. The largest absolute Gasteiger partial charge is 0.325 e. The van der Waals surface area contributed by atoms with E-state index in [2.05, 4.69) is 0 Å². The molecule has 0 unspecified atom stereocenters. The van der Waals surface area contributed by atoms with E-state index in [1.54, 1.807) is 6.92 Å². The van der Waals surface area contributed by atoms with Crippen LogP contribution in [0.4, 0.5) is 0 Å². The summed E-state index contributed by atoms with van der Waals surface area (Å²) in [7, 11) is -7.77. The van der Waals surface area contributed by atoms with Crippen molar-refractivity contribution in [1.29, 1.82) is 0 Å². The van der Waals surface area contributed by atoms with Crippen molar-refractivity contribution in [3.05, 3.63) is 0 Å². The predicted molar refractivity (Wildman–Crippen MR) is 67.1 cm³/mol. The molecule has 0 heterocycles. The average molecular weight is 254 g/mol. The van der Waals surface area contributed by atoms with Crippen LogP contribution in [0.3, 0.4) is 0 Å². The average Bonchev–Trinajstić information content (AvgIpc) is 1.77. The van der Waals surface area contributed by atoms with E-state index in [1.807, 2.05) is 39.3 Å². The fraction of sp³-hybridized carbons (Fsp3) is 1.00. The van der Waals surface area contributed by atoms with E-state index >= 15 is 0 Å². The maximum atomic E-state index is 11.7. The topological polar surface area (TPSA) is 57.5 Å². The Morgan fingerprint density at radius 1 is 0.929 bits per heavy atom. The molecule has 0 saturated heterocycles. The zero-order valence-electron chi connectivity index (χ0n) is 10.2. The van der Waals surface area contributed by atoms with Crippen LogP contribution in [0.15, 0.2) is 0 Å². The Hall–Kier alpha value is 0.584. The zero-order valence-corrected chi connectivity index (χ0v) is 13.1. The molecule has 0 fully saturated rings. The van der Waals surface area contributed by atoms with E-state index in [1.165, 1.54) is 0 Å². The highest BCUT2D eigenvalue weighted by atomic mass is 31.2. The van der Waals surface area contributed by atoms with Crippen LogP contribution in [-0.2, 0) is 4.57 Å². The van der Waals surface area contributed by atoms with Gasteiger partial charge in [0, 0.05) is 0 Å². The molecule has 2 N–H and O–H groups in total. The van der Waals surface area contributed by atoms with Crippen LogP contribution in [0.25, 0.3) is 0 Å². The molecule has 0 rings (SSSR count). The Balaban J connectivity index is 5.67. The first kappa shape index (κ1) is 14.6. The summed E-state index contributed by atoms with van der Waals surface area (Å²) in [5, 5.41) is 0. The van der Waals surface area contributed by atoms with E-state index in [4.69, 9.17) is 0 Å². The van der Waals surface area contributed by atoms with Gasteiger partial charge in [0.2, 0.25) is 0 Å². The van der Waals surface area contributed by atoms with Gasteiger partial charge in [0.25, 0.3) is 0 Å². The fourth-order valence-corrected chi connectivity index (χ4v) is 18.0. The molecule has 0 aliphatic rings. The first-order valence-corrected chi connectivity index (χ1v) is 13.4. The van der Waals surface area contributed by atoms with E-state index in [0.717, 1.165) is 0 Å². The molecule has 6 heteroatoms. The SMILES string of the molecule is CC([Si](C)(C)C)([Si](C)(C)C)P(=O)(O)O. The fourth-order valence-electron chi connectivity index (χ4n) is 2.00. The number of rotatable bonds is 3. The Bertz CT molecular complexity index is 245. The van der Waals surface area contributed by atoms with Gasteiger partial charge in [-0.2, -0.15) is 0 Å². The predicted octanol–water partition coefficient (Wildman–Crippen LogP) is 2.68. The Morgan fingerprint density at radius 2 is 1.14 bits per heavy atom. The second-order valence-electron chi connectivity index (χ2n) is 6.12. The molecule has 0 aromatic rings. The third-order valence-electron chi connectivity index (χ3n) is 3.50. The number of hydrogen-bond acceptors (Lipinski definition) is 1. The molecule has 0 aliphatic heterocycles. The van der Waals surface area contributed by atoms with Crippen molar-refractivity contribution in [3.63, 3.8) is 0 Å². The smallest absolute Gasteiger partial charge is 0.324 e. The molecule has 0 bridgehead atoms. The molecule has 0 aliphatic carbocycles. The van der Waals surface area contributed by atoms with Crippen molar-refractivity contribution in [1.82, 2.24) is 0 Å². The summed E-state index contributed by atoms with van der Waals surface area (Å²) in [6.45, 7) is 14.1. The summed E-state index contributed by atoms with van der Waals surface area (Å²) in [6.07, 6.45) is 0. The molecule has 86 valence electrons. The summed E-state index contributed by atoms with van der Waals surface area (Å²) in [4.78, 5) is 19.2. The van der Waals surface area contributed by atoms with Crippen LogP contribution in [-0.4, -0.2) is 30.3 Å². The van der Waals surface area contributed by atoms with Crippen LogP contribution in [0.1, 0.15) is 6.92 Å². The Labute approximate surface area is 89.1 Å². The molecule has 14 heavy (non-hydrogen) atoms. The van der Waals surface area contributed by atoms with E-state index in [9.17, 15) is 14.4 Å². The van der Waals surface area contributed by atoms with E-state index in [0.29, 0.717) is 0 Å². The monoisotopic (exact) mass is 254 g/mol. The third-order valence-corrected chi connectivity index (χ3v) is 20.8. The highest BCUT2D eigenvalue weighted by molar-refractivity contribution is 7.61. The van der Waals surface area contributed by atoms with Gasteiger partial charge in [0.15, 0.2) is 0 Å². The van der Waals surface area contributed by atoms with Gasteiger partial charge in [-0.1, -0.05) is 46.2 Å². The van der Waals surface area contributed by atoms with Crippen molar-refractivity contribution in [2.75, 3.05) is 0 Å². The highest BCUT2D eigenvalue weighted by Crippen LogP contribution is 2.59. The summed E-state index contributed by atoms with van der Waals surface area (Å²) >= 11 is 0. The first-order chi connectivity index (χ1) is 5.75. The molecule has 0 saturated carbocycles.